The first-order chi connectivity index (χ1) is 8.70. The van der Waals surface area contributed by atoms with Gasteiger partial charge in [0.2, 0.25) is 5.91 Å². The van der Waals surface area contributed by atoms with Gasteiger partial charge in [0.1, 0.15) is 0 Å². The Hall–Kier alpha value is -1.00. The first-order valence-corrected chi connectivity index (χ1v) is 7.47. The highest BCUT2D eigenvalue weighted by Crippen LogP contribution is 2.29. The lowest BCUT2D eigenvalue weighted by Crippen LogP contribution is -2.23. The maximum atomic E-state index is 12.1. The Bertz CT molecular complexity index is 422. The molecule has 2 rings (SSSR count). The summed E-state index contributed by atoms with van der Waals surface area (Å²) in [4.78, 5) is 13.3. The molecular formula is C14H20N2OS. The Morgan fingerprint density at radius 1 is 1.44 bits per heavy atom. The Morgan fingerprint density at radius 2 is 2.22 bits per heavy atom. The second-order valence-corrected chi connectivity index (χ2v) is 5.99. The molecule has 3 N–H and O–H groups in total. The van der Waals surface area contributed by atoms with Gasteiger partial charge in [-0.25, -0.2) is 0 Å². The molecule has 1 aromatic carbocycles. The zero-order valence-electron chi connectivity index (χ0n) is 10.7. The van der Waals surface area contributed by atoms with Crippen LogP contribution in [-0.4, -0.2) is 17.7 Å². The number of anilines is 1. The van der Waals surface area contributed by atoms with Crippen molar-refractivity contribution >= 4 is 23.4 Å². The molecule has 1 fully saturated rings. The molecule has 0 bridgehead atoms. The summed E-state index contributed by atoms with van der Waals surface area (Å²) < 4.78 is 0. The number of nitrogens with two attached hydrogens (primary N) is 1. The first kappa shape index (κ1) is 13.4. The van der Waals surface area contributed by atoms with Crippen molar-refractivity contribution < 1.29 is 4.79 Å². The fraction of sp³-hybridized carbons (Fsp3) is 0.500. The fourth-order valence-corrected chi connectivity index (χ4v) is 3.10. The molecule has 2 atom stereocenters. The molecule has 0 aromatic heterocycles. The van der Waals surface area contributed by atoms with Crippen LogP contribution in [0.5, 0.6) is 0 Å². The minimum atomic E-state index is 0.0830. The monoisotopic (exact) mass is 264 g/mol. The van der Waals surface area contributed by atoms with E-state index in [4.69, 9.17) is 5.73 Å². The van der Waals surface area contributed by atoms with Crippen molar-refractivity contribution in [3.05, 3.63) is 24.3 Å². The number of benzene rings is 1. The van der Waals surface area contributed by atoms with Crippen LogP contribution in [0.15, 0.2) is 29.2 Å². The van der Waals surface area contributed by atoms with Gasteiger partial charge in [0, 0.05) is 16.9 Å². The van der Waals surface area contributed by atoms with E-state index in [0.29, 0.717) is 0 Å². The summed E-state index contributed by atoms with van der Waals surface area (Å²) in [6, 6.07) is 8.16. The maximum Gasteiger partial charge on any atom is 0.227 e. The van der Waals surface area contributed by atoms with E-state index in [9.17, 15) is 4.79 Å². The molecule has 1 aliphatic carbocycles. The predicted molar refractivity (Wildman–Crippen MR) is 76.8 cm³/mol. The lowest BCUT2D eigenvalue weighted by Gasteiger charge is -2.13. The summed E-state index contributed by atoms with van der Waals surface area (Å²) in [5, 5.41) is 3.04. The van der Waals surface area contributed by atoms with E-state index < -0.39 is 0 Å². The summed E-state index contributed by atoms with van der Waals surface area (Å²) >= 11 is 1.75. The molecule has 0 heterocycles. The molecule has 98 valence electrons. The molecule has 1 aliphatic rings. The van der Waals surface area contributed by atoms with Gasteiger partial charge in [0.15, 0.2) is 0 Å². The van der Waals surface area contributed by atoms with Crippen LogP contribution in [0, 0.1) is 5.92 Å². The third-order valence-electron chi connectivity index (χ3n) is 3.29. The third-order valence-corrected chi connectivity index (χ3v) is 4.24. The number of carbonyl (C=O) groups excluding carboxylic acids is 1. The van der Waals surface area contributed by atoms with Gasteiger partial charge in [-0.05, 0) is 37.1 Å². The average Bonchev–Trinajstić information content (AvgIpc) is 2.79. The molecule has 0 radical (unpaired) electrons. The molecule has 1 aromatic rings. The number of hydrogen-bond donors (Lipinski definition) is 2. The smallest absolute Gasteiger partial charge is 0.227 e. The lowest BCUT2D eigenvalue weighted by molar-refractivity contribution is -0.119. The van der Waals surface area contributed by atoms with Gasteiger partial charge in [-0.15, -0.1) is 11.8 Å². The van der Waals surface area contributed by atoms with E-state index in [0.717, 1.165) is 35.6 Å². The van der Waals surface area contributed by atoms with Crippen molar-refractivity contribution in [2.24, 2.45) is 11.7 Å². The molecule has 2 unspecified atom stereocenters. The summed E-state index contributed by atoms with van der Waals surface area (Å²) in [7, 11) is 0. The van der Waals surface area contributed by atoms with E-state index in [1.54, 1.807) is 11.8 Å². The van der Waals surface area contributed by atoms with Gasteiger partial charge in [-0.1, -0.05) is 19.1 Å². The zero-order valence-corrected chi connectivity index (χ0v) is 11.5. The SMILES string of the molecule is CCSc1ccccc1NC(=O)C1CCC(N)C1. The van der Waals surface area contributed by atoms with Crippen molar-refractivity contribution in [2.75, 3.05) is 11.1 Å². The second kappa shape index (κ2) is 6.25. The van der Waals surface area contributed by atoms with Crippen molar-refractivity contribution in [3.63, 3.8) is 0 Å². The van der Waals surface area contributed by atoms with Gasteiger partial charge in [0.05, 0.1) is 5.69 Å². The van der Waals surface area contributed by atoms with Gasteiger partial charge in [0.25, 0.3) is 0 Å². The average molecular weight is 264 g/mol. The van der Waals surface area contributed by atoms with Crippen LogP contribution in [0.25, 0.3) is 0 Å². The minimum Gasteiger partial charge on any atom is -0.328 e. The Morgan fingerprint density at radius 3 is 2.89 bits per heavy atom. The van der Waals surface area contributed by atoms with Crippen LogP contribution in [0.3, 0.4) is 0 Å². The summed E-state index contributed by atoms with van der Waals surface area (Å²) in [5.74, 6) is 1.20. The quantitative estimate of drug-likeness (QED) is 0.822. The van der Waals surface area contributed by atoms with E-state index in [-0.39, 0.29) is 17.9 Å². The number of thioether (sulfide) groups is 1. The van der Waals surface area contributed by atoms with E-state index >= 15 is 0 Å². The molecule has 1 saturated carbocycles. The van der Waals surface area contributed by atoms with Crippen LogP contribution in [0.2, 0.25) is 0 Å². The van der Waals surface area contributed by atoms with E-state index in [2.05, 4.69) is 12.2 Å². The number of hydrogen-bond acceptors (Lipinski definition) is 3. The van der Waals surface area contributed by atoms with Crippen LogP contribution < -0.4 is 11.1 Å². The number of nitrogens with one attached hydrogen (secondary N) is 1. The number of amides is 1. The highest BCUT2D eigenvalue weighted by molar-refractivity contribution is 7.99. The number of para-hydroxylation sites is 1. The van der Waals surface area contributed by atoms with Crippen LogP contribution in [0.4, 0.5) is 5.69 Å². The van der Waals surface area contributed by atoms with E-state index in [1.165, 1.54) is 0 Å². The largest absolute Gasteiger partial charge is 0.328 e. The molecule has 0 spiro atoms. The van der Waals surface area contributed by atoms with E-state index in [1.807, 2.05) is 24.3 Å². The van der Waals surface area contributed by atoms with Crippen LogP contribution >= 0.6 is 11.8 Å². The van der Waals surface area contributed by atoms with Crippen molar-refractivity contribution in [2.45, 2.75) is 37.1 Å². The highest BCUT2D eigenvalue weighted by Gasteiger charge is 2.27. The van der Waals surface area contributed by atoms with Gasteiger partial charge in [-0.3, -0.25) is 4.79 Å². The molecule has 0 aliphatic heterocycles. The van der Waals surface area contributed by atoms with Crippen molar-refractivity contribution in [1.29, 1.82) is 0 Å². The van der Waals surface area contributed by atoms with Crippen molar-refractivity contribution in [3.8, 4) is 0 Å². The summed E-state index contributed by atoms with van der Waals surface area (Å²) in [6.07, 6.45) is 2.69. The maximum absolute atomic E-state index is 12.1. The lowest BCUT2D eigenvalue weighted by atomic mass is 10.1. The molecule has 1 amide bonds. The molecule has 4 heteroatoms. The minimum absolute atomic E-state index is 0.0830. The summed E-state index contributed by atoms with van der Waals surface area (Å²) in [6.45, 7) is 2.11. The highest BCUT2D eigenvalue weighted by atomic mass is 32.2. The molecule has 18 heavy (non-hydrogen) atoms. The normalized spacial score (nSPS) is 23.0. The standard InChI is InChI=1S/C14H20N2OS/c1-2-18-13-6-4-3-5-12(13)16-14(17)10-7-8-11(15)9-10/h3-6,10-11H,2,7-9,15H2,1H3,(H,16,17). The van der Waals surface area contributed by atoms with Crippen LogP contribution in [-0.2, 0) is 4.79 Å². The molecule has 0 saturated heterocycles. The topological polar surface area (TPSA) is 55.1 Å². The van der Waals surface area contributed by atoms with Gasteiger partial charge >= 0.3 is 0 Å². The van der Waals surface area contributed by atoms with Gasteiger partial charge in [-0.2, -0.15) is 0 Å². The first-order valence-electron chi connectivity index (χ1n) is 6.49. The summed E-state index contributed by atoms with van der Waals surface area (Å²) in [5.41, 5.74) is 6.78. The van der Waals surface area contributed by atoms with Gasteiger partial charge < -0.3 is 11.1 Å². The van der Waals surface area contributed by atoms with Crippen molar-refractivity contribution in [1.82, 2.24) is 0 Å². The third kappa shape index (κ3) is 3.27. The predicted octanol–water partition coefficient (Wildman–Crippen LogP) is 2.86. The second-order valence-electron chi connectivity index (χ2n) is 4.69. The Kier molecular flexibility index (Phi) is 4.66. The molecule has 3 nitrogen and oxygen atoms in total. The zero-order chi connectivity index (χ0) is 13.0. The molecular weight excluding hydrogens is 244 g/mol. The van der Waals surface area contributed by atoms with Crippen LogP contribution in [0.1, 0.15) is 26.2 Å². The number of carbonyl (C=O) groups is 1. The fourth-order valence-electron chi connectivity index (χ4n) is 2.34. The number of rotatable bonds is 4. The Labute approximate surface area is 113 Å². The Balaban J connectivity index is 2.02.